The van der Waals surface area contributed by atoms with E-state index in [4.69, 9.17) is 0 Å². The molecule has 98 valence electrons. The standard InChI is InChI=1S/C17H17FO/c1-2-3-9-17(19)14-10-11-15(16(18)12-14)13-7-5-4-6-8-13/h4-8,10-12H,2-3,9H2,1H3. The van der Waals surface area contributed by atoms with Gasteiger partial charge in [0, 0.05) is 17.5 Å². The maximum Gasteiger partial charge on any atom is 0.162 e. The minimum atomic E-state index is -0.339. The van der Waals surface area contributed by atoms with Gasteiger partial charge in [0.1, 0.15) is 5.82 Å². The number of carbonyl (C=O) groups is 1. The molecule has 0 amide bonds. The lowest BCUT2D eigenvalue weighted by atomic mass is 10.00. The Balaban J connectivity index is 2.25. The molecule has 0 aliphatic heterocycles. The van der Waals surface area contributed by atoms with Crippen LogP contribution in [0.1, 0.15) is 36.5 Å². The average Bonchev–Trinajstić information content (AvgIpc) is 2.45. The molecule has 0 aliphatic rings. The second-order valence-corrected chi connectivity index (χ2v) is 4.59. The summed E-state index contributed by atoms with van der Waals surface area (Å²) in [5, 5.41) is 0. The van der Waals surface area contributed by atoms with Crippen molar-refractivity contribution in [2.24, 2.45) is 0 Å². The summed E-state index contributed by atoms with van der Waals surface area (Å²) < 4.78 is 14.1. The van der Waals surface area contributed by atoms with Gasteiger partial charge in [0.05, 0.1) is 0 Å². The van der Waals surface area contributed by atoms with Gasteiger partial charge in [-0.25, -0.2) is 4.39 Å². The third-order valence-corrected chi connectivity index (χ3v) is 3.13. The van der Waals surface area contributed by atoms with Crippen molar-refractivity contribution in [3.8, 4) is 11.1 Å². The summed E-state index contributed by atoms with van der Waals surface area (Å²) >= 11 is 0. The zero-order chi connectivity index (χ0) is 13.7. The van der Waals surface area contributed by atoms with Crippen LogP contribution in [0.5, 0.6) is 0 Å². The molecule has 0 aliphatic carbocycles. The van der Waals surface area contributed by atoms with Crippen molar-refractivity contribution >= 4 is 5.78 Å². The Labute approximate surface area is 113 Å². The summed E-state index contributed by atoms with van der Waals surface area (Å²) in [7, 11) is 0. The van der Waals surface area contributed by atoms with Crippen molar-refractivity contribution in [3.63, 3.8) is 0 Å². The Hall–Kier alpha value is -1.96. The predicted molar refractivity (Wildman–Crippen MR) is 75.7 cm³/mol. The summed E-state index contributed by atoms with van der Waals surface area (Å²) in [6.45, 7) is 2.03. The van der Waals surface area contributed by atoms with Gasteiger partial charge >= 0.3 is 0 Å². The number of rotatable bonds is 5. The molecule has 2 rings (SSSR count). The molecule has 19 heavy (non-hydrogen) atoms. The van der Waals surface area contributed by atoms with Crippen LogP contribution in [0.3, 0.4) is 0 Å². The van der Waals surface area contributed by atoms with Gasteiger partial charge in [-0.3, -0.25) is 4.79 Å². The van der Waals surface area contributed by atoms with E-state index in [1.807, 2.05) is 37.3 Å². The molecule has 0 heterocycles. The van der Waals surface area contributed by atoms with E-state index in [0.29, 0.717) is 17.5 Å². The highest BCUT2D eigenvalue weighted by Crippen LogP contribution is 2.23. The third kappa shape index (κ3) is 3.28. The Kier molecular flexibility index (Phi) is 4.45. The monoisotopic (exact) mass is 256 g/mol. The molecule has 2 aromatic rings. The van der Waals surface area contributed by atoms with Crippen molar-refractivity contribution in [1.29, 1.82) is 0 Å². The molecule has 0 spiro atoms. The van der Waals surface area contributed by atoms with Crippen LogP contribution in [-0.4, -0.2) is 5.78 Å². The van der Waals surface area contributed by atoms with Gasteiger partial charge in [-0.15, -0.1) is 0 Å². The minimum Gasteiger partial charge on any atom is -0.294 e. The van der Waals surface area contributed by atoms with Crippen molar-refractivity contribution in [2.75, 3.05) is 0 Å². The largest absolute Gasteiger partial charge is 0.294 e. The van der Waals surface area contributed by atoms with Crippen LogP contribution in [0, 0.1) is 5.82 Å². The number of hydrogen-bond donors (Lipinski definition) is 0. The quantitative estimate of drug-likeness (QED) is 0.698. The lowest BCUT2D eigenvalue weighted by Gasteiger charge is -2.06. The molecule has 0 aromatic heterocycles. The molecule has 0 saturated carbocycles. The Morgan fingerprint density at radius 3 is 2.47 bits per heavy atom. The Bertz CT molecular complexity index is 561. The highest BCUT2D eigenvalue weighted by Gasteiger charge is 2.10. The lowest BCUT2D eigenvalue weighted by Crippen LogP contribution is -2.00. The highest BCUT2D eigenvalue weighted by molar-refractivity contribution is 5.96. The second-order valence-electron chi connectivity index (χ2n) is 4.59. The van der Waals surface area contributed by atoms with Crippen LogP contribution in [0.15, 0.2) is 48.5 Å². The summed E-state index contributed by atoms with van der Waals surface area (Å²) in [4.78, 5) is 11.8. The van der Waals surface area contributed by atoms with Gasteiger partial charge < -0.3 is 0 Å². The topological polar surface area (TPSA) is 17.1 Å². The number of halogens is 1. The SMILES string of the molecule is CCCCC(=O)c1ccc(-c2ccccc2)c(F)c1. The summed E-state index contributed by atoms with van der Waals surface area (Å²) in [5.41, 5.74) is 1.82. The van der Waals surface area contributed by atoms with E-state index in [-0.39, 0.29) is 11.6 Å². The number of unbranched alkanes of at least 4 members (excludes halogenated alkanes) is 1. The summed E-state index contributed by atoms with van der Waals surface area (Å²) in [6, 6.07) is 14.1. The van der Waals surface area contributed by atoms with Gasteiger partial charge in [0.2, 0.25) is 0 Å². The fourth-order valence-electron chi connectivity index (χ4n) is 2.02. The smallest absolute Gasteiger partial charge is 0.162 e. The number of carbonyl (C=O) groups excluding carboxylic acids is 1. The first-order chi connectivity index (χ1) is 9.22. The fraction of sp³-hybridized carbons (Fsp3) is 0.235. The maximum atomic E-state index is 14.1. The molecule has 1 nitrogen and oxygen atoms in total. The van der Waals surface area contributed by atoms with Crippen molar-refractivity contribution in [3.05, 3.63) is 59.9 Å². The lowest BCUT2D eigenvalue weighted by molar-refractivity contribution is 0.0979. The molecule has 2 aromatic carbocycles. The van der Waals surface area contributed by atoms with Crippen molar-refractivity contribution < 1.29 is 9.18 Å². The number of benzene rings is 2. The van der Waals surface area contributed by atoms with Gasteiger partial charge in [-0.2, -0.15) is 0 Å². The molecule has 0 fully saturated rings. The van der Waals surface area contributed by atoms with Gasteiger partial charge in [-0.05, 0) is 18.1 Å². The van der Waals surface area contributed by atoms with Crippen LogP contribution < -0.4 is 0 Å². The molecule has 0 atom stereocenters. The second kappa shape index (κ2) is 6.28. The van der Waals surface area contributed by atoms with E-state index in [2.05, 4.69) is 0 Å². The molecule has 0 radical (unpaired) electrons. The van der Waals surface area contributed by atoms with Gasteiger partial charge in [-0.1, -0.05) is 55.8 Å². The van der Waals surface area contributed by atoms with Gasteiger partial charge in [0.25, 0.3) is 0 Å². The zero-order valence-electron chi connectivity index (χ0n) is 11.0. The fourth-order valence-corrected chi connectivity index (χ4v) is 2.02. The highest BCUT2D eigenvalue weighted by atomic mass is 19.1. The van der Waals surface area contributed by atoms with Crippen LogP contribution >= 0.6 is 0 Å². The van der Waals surface area contributed by atoms with E-state index in [0.717, 1.165) is 18.4 Å². The van der Waals surface area contributed by atoms with Crippen LogP contribution in [0.25, 0.3) is 11.1 Å². The Morgan fingerprint density at radius 1 is 1.11 bits per heavy atom. The number of ketones is 1. The first-order valence-corrected chi connectivity index (χ1v) is 6.60. The molecule has 2 heteroatoms. The Morgan fingerprint density at radius 2 is 1.84 bits per heavy atom. The first-order valence-electron chi connectivity index (χ1n) is 6.60. The third-order valence-electron chi connectivity index (χ3n) is 3.13. The van der Waals surface area contributed by atoms with Crippen LogP contribution in [0.2, 0.25) is 0 Å². The van der Waals surface area contributed by atoms with Crippen molar-refractivity contribution in [1.82, 2.24) is 0 Å². The van der Waals surface area contributed by atoms with Crippen LogP contribution in [0.4, 0.5) is 4.39 Å². The summed E-state index contributed by atoms with van der Waals surface area (Å²) in [5.74, 6) is -0.325. The molecule has 0 bridgehead atoms. The van der Waals surface area contributed by atoms with E-state index in [9.17, 15) is 9.18 Å². The number of Topliss-reactive ketones (excluding diaryl/α,β-unsaturated/α-hetero) is 1. The zero-order valence-corrected chi connectivity index (χ0v) is 11.0. The molecular weight excluding hydrogens is 239 g/mol. The average molecular weight is 256 g/mol. The van der Waals surface area contributed by atoms with E-state index in [1.54, 1.807) is 12.1 Å². The van der Waals surface area contributed by atoms with Crippen LogP contribution in [-0.2, 0) is 0 Å². The maximum absolute atomic E-state index is 14.1. The molecule has 0 N–H and O–H groups in total. The summed E-state index contributed by atoms with van der Waals surface area (Å²) in [6.07, 6.45) is 2.30. The predicted octanol–water partition coefficient (Wildman–Crippen LogP) is 4.87. The first kappa shape index (κ1) is 13.5. The van der Waals surface area contributed by atoms with E-state index >= 15 is 0 Å². The number of hydrogen-bond acceptors (Lipinski definition) is 1. The van der Waals surface area contributed by atoms with E-state index in [1.165, 1.54) is 6.07 Å². The minimum absolute atomic E-state index is 0.0142. The normalized spacial score (nSPS) is 10.4. The molecule has 0 saturated heterocycles. The van der Waals surface area contributed by atoms with Gasteiger partial charge in [0.15, 0.2) is 5.78 Å². The molecule has 0 unspecified atom stereocenters. The van der Waals surface area contributed by atoms with Crippen molar-refractivity contribution in [2.45, 2.75) is 26.2 Å². The van der Waals surface area contributed by atoms with E-state index < -0.39 is 0 Å². The molecular formula is C17H17FO.